The van der Waals surface area contributed by atoms with Gasteiger partial charge in [-0.1, -0.05) is 0 Å². The largest absolute Gasteiger partial charge is 2.00 e. The van der Waals surface area contributed by atoms with Gasteiger partial charge in [-0.2, -0.15) is 0 Å². The van der Waals surface area contributed by atoms with Crippen molar-refractivity contribution in [2.24, 2.45) is 0 Å². The number of carboxylic acids is 1. The van der Waals surface area contributed by atoms with Crippen LogP contribution < -0.4 is 0 Å². The number of carboxylic acid groups (broad SMARTS) is 1. The van der Waals surface area contributed by atoms with Gasteiger partial charge < -0.3 is 22.9 Å². The fourth-order valence-corrected chi connectivity index (χ4v) is 0.0873. The topological polar surface area (TPSA) is 37.3 Å². The Kier molecular flexibility index (Phi) is 15.9. The minimum absolute atomic E-state index is 0. The van der Waals surface area contributed by atoms with Crippen molar-refractivity contribution in [3.05, 3.63) is 25.5 Å². The maximum Gasteiger partial charge on any atom is 2.00 e. The fourth-order valence-electron chi connectivity index (χ4n) is 0.0873. The molecule has 0 aliphatic rings. The molecule has 0 saturated heterocycles. The van der Waals surface area contributed by atoms with Gasteiger partial charge in [0.1, 0.15) is 5.97 Å². The molecular weight excluding hydrogens is 365 g/mol. The molecule has 0 aliphatic carbocycles. The molecule has 1 N–H and O–H groups in total. The Morgan fingerprint density at radius 2 is 1.89 bits per heavy atom. The van der Waals surface area contributed by atoms with Crippen molar-refractivity contribution >= 4 is 5.97 Å². The molecule has 0 rings (SSSR count). The van der Waals surface area contributed by atoms with Gasteiger partial charge in [0.05, 0.1) is 0 Å². The normalized spacial score (nSPS) is 8.67. The van der Waals surface area contributed by atoms with Crippen molar-refractivity contribution in [2.45, 2.75) is 0 Å². The molecule has 0 spiro atoms. The SMILES string of the molecule is [CH2-]/C=C(\[CH2-])C(=O)O.[W+2].[Y]. The summed E-state index contributed by atoms with van der Waals surface area (Å²) >= 11 is 0. The third-order valence-corrected chi connectivity index (χ3v) is 0.521. The molecule has 4 heteroatoms. The van der Waals surface area contributed by atoms with Crippen LogP contribution in [0.1, 0.15) is 0 Å². The van der Waals surface area contributed by atoms with Crippen LogP contribution in [0.5, 0.6) is 0 Å². The van der Waals surface area contributed by atoms with Crippen LogP contribution in [0.4, 0.5) is 0 Å². The molecule has 0 amide bonds. The van der Waals surface area contributed by atoms with E-state index in [4.69, 9.17) is 5.11 Å². The zero-order valence-corrected chi connectivity index (χ0v) is 10.6. The zero-order chi connectivity index (χ0) is 5.86. The minimum atomic E-state index is -1.02. The van der Waals surface area contributed by atoms with Crippen LogP contribution in [0.2, 0.25) is 0 Å². The second-order valence-electron chi connectivity index (χ2n) is 1.03. The molecule has 0 aromatic carbocycles. The smallest absolute Gasteiger partial charge is 0.548 e. The van der Waals surface area contributed by atoms with E-state index in [1.807, 2.05) is 0 Å². The van der Waals surface area contributed by atoms with Crippen molar-refractivity contribution in [3.63, 3.8) is 0 Å². The van der Waals surface area contributed by atoms with Crippen molar-refractivity contribution in [1.29, 1.82) is 0 Å². The monoisotopic (exact) mass is 371 g/mol. The Hall–Kier alpha value is 0.742. The van der Waals surface area contributed by atoms with E-state index in [9.17, 15) is 4.79 Å². The summed E-state index contributed by atoms with van der Waals surface area (Å²) in [6, 6.07) is 0. The molecule has 0 atom stereocenters. The Morgan fingerprint density at radius 1 is 1.56 bits per heavy atom. The first-order valence-corrected chi connectivity index (χ1v) is 1.73. The van der Waals surface area contributed by atoms with Crippen LogP contribution in [0.25, 0.3) is 0 Å². The third-order valence-electron chi connectivity index (χ3n) is 0.521. The predicted molar refractivity (Wildman–Crippen MR) is 26.4 cm³/mol. The predicted octanol–water partition coefficient (Wildman–Crippen LogP) is 0.661. The first-order valence-electron chi connectivity index (χ1n) is 1.73. The Balaban J connectivity index is -0.000000180. The van der Waals surface area contributed by atoms with Gasteiger partial charge >= 0.3 is 21.1 Å². The Labute approximate surface area is 94.2 Å². The molecule has 0 aromatic rings. The molecule has 0 aliphatic heterocycles. The van der Waals surface area contributed by atoms with Crippen LogP contribution in [0.15, 0.2) is 11.6 Å². The molecule has 9 heavy (non-hydrogen) atoms. The maximum absolute atomic E-state index is 9.76. The van der Waals surface area contributed by atoms with Gasteiger partial charge in [-0.3, -0.25) is 12.5 Å². The van der Waals surface area contributed by atoms with Crippen LogP contribution in [0, 0.1) is 13.8 Å². The molecule has 0 bridgehead atoms. The van der Waals surface area contributed by atoms with Crippen LogP contribution >= 0.6 is 0 Å². The van der Waals surface area contributed by atoms with Crippen LogP contribution in [-0.4, -0.2) is 11.1 Å². The molecule has 0 unspecified atom stereocenters. The van der Waals surface area contributed by atoms with E-state index in [0.29, 0.717) is 0 Å². The Morgan fingerprint density at radius 3 is 1.89 bits per heavy atom. The molecule has 0 aromatic heterocycles. The quantitative estimate of drug-likeness (QED) is 0.544. The van der Waals surface area contributed by atoms with Crippen LogP contribution in [-0.2, 0) is 58.6 Å². The molecule has 1 radical (unpaired) electrons. The standard InChI is InChI=1S/C5H6O2.W.Y/c1-3-4(2)5(6)7;;/h3H,1-2H2,(H,6,7);;/q-2;+2;/b4-3+;;. The van der Waals surface area contributed by atoms with E-state index in [2.05, 4.69) is 13.8 Å². The average Bonchev–Trinajstić information content (AvgIpc) is 1.65. The summed E-state index contributed by atoms with van der Waals surface area (Å²) in [5.41, 5.74) is 0.0278. The summed E-state index contributed by atoms with van der Waals surface area (Å²) in [6.07, 6.45) is 1.20. The fraction of sp³-hybridized carbons (Fsp3) is 0. The van der Waals surface area contributed by atoms with E-state index in [-0.39, 0.29) is 59.3 Å². The number of hydrogen-bond donors (Lipinski definition) is 1. The summed E-state index contributed by atoms with van der Waals surface area (Å²) < 4.78 is 0. The average molecular weight is 371 g/mol. The number of allylic oxidation sites excluding steroid dienone is 1. The van der Waals surface area contributed by atoms with Gasteiger partial charge in [-0.05, 0) is 0 Å². The van der Waals surface area contributed by atoms with Gasteiger partial charge in [-0.15, -0.1) is 0 Å². The van der Waals surface area contributed by atoms with Crippen molar-refractivity contribution < 1.29 is 63.7 Å². The van der Waals surface area contributed by atoms with Gasteiger partial charge in [0.2, 0.25) is 0 Å². The van der Waals surface area contributed by atoms with E-state index in [0.717, 1.165) is 0 Å². The Bertz CT molecular complexity index is 112. The van der Waals surface area contributed by atoms with Crippen molar-refractivity contribution in [2.75, 3.05) is 0 Å². The van der Waals surface area contributed by atoms with Crippen molar-refractivity contribution in [3.8, 4) is 0 Å². The van der Waals surface area contributed by atoms with Gasteiger partial charge in [0, 0.05) is 32.7 Å². The molecule has 0 heterocycles. The third kappa shape index (κ3) is 8.74. The first-order chi connectivity index (χ1) is 3.18. The summed E-state index contributed by atoms with van der Waals surface area (Å²) in [5.74, 6) is -1.02. The summed E-state index contributed by atoms with van der Waals surface area (Å²) in [6.45, 7) is 6.36. The van der Waals surface area contributed by atoms with E-state index < -0.39 is 5.97 Å². The molecule has 2 nitrogen and oxygen atoms in total. The van der Waals surface area contributed by atoms with E-state index in [1.54, 1.807) is 0 Å². The zero-order valence-electron chi connectivity index (χ0n) is 4.83. The first kappa shape index (κ1) is 16.4. The second kappa shape index (κ2) is 8.74. The minimum Gasteiger partial charge on any atom is -0.548 e. The van der Waals surface area contributed by atoms with Crippen LogP contribution in [0.3, 0.4) is 0 Å². The number of carbonyl (C=O) groups is 1. The number of hydrogen-bond acceptors (Lipinski definition) is 1. The number of rotatable bonds is 1. The molecular formula is C5H6O2WY. The second-order valence-corrected chi connectivity index (χ2v) is 1.03. The summed E-state index contributed by atoms with van der Waals surface area (Å²) in [4.78, 5) is 9.76. The van der Waals surface area contributed by atoms with E-state index >= 15 is 0 Å². The summed E-state index contributed by atoms with van der Waals surface area (Å²) in [5, 5.41) is 8.01. The van der Waals surface area contributed by atoms with Crippen molar-refractivity contribution in [1.82, 2.24) is 0 Å². The van der Waals surface area contributed by atoms with Gasteiger partial charge in [0.25, 0.3) is 0 Å². The van der Waals surface area contributed by atoms with Gasteiger partial charge in [0.15, 0.2) is 0 Å². The molecule has 47 valence electrons. The maximum atomic E-state index is 9.76. The number of aliphatic carboxylic acids is 1. The van der Waals surface area contributed by atoms with Gasteiger partial charge in [-0.25, -0.2) is 0 Å². The molecule has 0 saturated carbocycles. The van der Waals surface area contributed by atoms with E-state index in [1.165, 1.54) is 6.08 Å². The molecule has 0 fully saturated rings. The summed E-state index contributed by atoms with van der Waals surface area (Å²) in [7, 11) is 0.